The molecule has 0 spiro atoms. The van der Waals surface area contributed by atoms with Gasteiger partial charge in [-0.15, -0.1) is 0 Å². The van der Waals surface area contributed by atoms with Gasteiger partial charge in [0.05, 0.1) is 6.04 Å². The van der Waals surface area contributed by atoms with Crippen molar-refractivity contribution in [2.24, 2.45) is 11.7 Å². The molecule has 0 bridgehead atoms. The van der Waals surface area contributed by atoms with Gasteiger partial charge in [0.2, 0.25) is 11.8 Å². The molecule has 0 fully saturated rings. The molecular formula is C13H24N4O4. The second-order valence-electron chi connectivity index (χ2n) is 5.11. The van der Waals surface area contributed by atoms with Crippen molar-refractivity contribution >= 4 is 24.1 Å². The summed E-state index contributed by atoms with van der Waals surface area (Å²) in [7, 11) is 0. The monoisotopic (exact) mass is 300 g/mol. The molecule has 0 aromatic rings. The summed E-state index contributed by atoms with van der Waals surface area (Å²) in [5.41, 5.74) is 4.91. The highest BCUT2D eigenvalue weighted by molar-refractivity contribution is 5.88. The van der Waals surface area contributed by atoms with E-state index in [4.69, 9.17) is 5.73 Å². The molecule has 2 atom stereocenters. The van der Waals surface area contributed by atoms with E-state index in [2.05, 4.69) is 16.0 Å². The fourth-order valence-electron chi connectivity index (χ4n) is 1.73. The van der Waals surface area contributed by atoms with Gasteiger partial charge in [-0.2, -0.15) is 0 Å². The van der Waals surface area contributed by atoms with Crippen molar-refractivity contribution in [2.45, 2.75) is 45.7 Å². The lowest BCUT2D eigenvalue weighted by molar-refractivity contribution is -0.130. The number of carbonyl (C=O) groups is 4. The lowest BCUT2D eigenvalue weighted by atomic mass is 10.0. The van der Waals surface area contributed by atoms with Gasteiger partial charge in [0.25, 0.3) is 0 Å². The predicted molar refractivity (Wildman–Crippen MR) is 77.3 cm³/mol. The number of hydrogen-bond donors (Lipinski definition) is 4. The molecule has 8 nitrogen and oxygen atoms in total. The molecule has 2 unspecified atom stereocenters. The molecule has 0 aliphatic heterocycles. The number of rotatable bonds is 9. The van der Waals surface area contributed by atoms with Crippen molar-refractivity contribution in [3.63, 3.8) is 0 Å². The van der Waals surface area contributed by atoms with Gasteiger partial charge in [-0.3, -0.25) is 9.59 Å². The average molecular weight is 300 g/mol. The van der Waals surface area contributed by atoms with Crippen LogP contribution in [0.15, 0.2) is 0 Å². The van der Waals surface area contributed by atoms with E-state index in [1.807, 2.05) is 0 Å². The molecule has 0 aromatic carbocycles. The maximum absolute atomic E-state index is 12.1. The molecular weight excluding hydrogens is 276 g/mol. The van der Waals surface area contributed by atoms with Crippen LogP contribution in [-0.4, -0.2) is 42.8 Å². The molecule has 0 rings (SSSR count). The molecule has 0 saturated carbocycles. The number of nitrogens with one attached hydrogen (secondary N) is 3. The lowest BCUT2D eigenvalue weighted by Crippen LogP contribution is -2.52. The number of amides is 4. The number of primary amides is 1. The predicted octanol–water partition coefficient (Wildman–Crippen LogP) is -0.721. The van der Waals surface area contributed by atoms with E-state index in [0.29, 0.717) is 25.7 Å². The zero-order valence-corrected chi connectivity index (χ0v) is 12.6. The van der Waals surface area contributed by atoms with Crippen LogP contribution in [0, 0.1) is 5.92 Å². The van der Waals surface area contributed by atoms with Crippen LogP contribution in [0.5, 0.6) is 0 Å². The number of aldehydes is 1. The Hall–Kier alpha value is -2.12. The molecule has 21 heavy (non-hydrogen) atoms. The fourth-order valence-corrected chi connectivity index (χ4v) is 1.73. The number of urea groups is 1. The van der Waals surface area contributed by atoms with E-state index < -0.39 is 24.0 Å². The Bertz CT molecular complexity index is 384. The summed E-state index contributed by atoms with van der Waals surface area (Å²) in [5, 5.41) is 7.52. The fraction of sp³-hybridized carbons (Fsp3) is 0.692. The van der Waals surface area contributed by atoms with E-state index in [0.717, 1.165) is 0 Å². The largest absolute Gasteiger partial charge is 0.352 e. The average Bonchev–Trinajstić information content (AvgIpc) is 2.38. The van der Waals surface area contributed by atoms with E-state index in [1.54, 1.807) is 13.8 Å². The molecule has 0 heterocycles. The molecule has 0 aromatic heterocycles. The zero-order chi connectivity index (χ0) is 16.4. The van der Waals surface area contributed by atoms with Gasteiger partial charge in [0, 0.05) is 13.5 Å². The minimum Gasteiger partial charge on any atom is -0.352 e. The molecule has 5 N–H and O–H groups in total. The lowest BCUT2D eigenvalue weighted by Gasteiger charge is -2.23. The summed E-state index contributed by atoms with van der Waals surface area (Å²) in [6.45, 7) is 5.25. The third kappa shape index (κ3) is 8.61. The summed E-state index contributed by atoms with van der Waals surface area (Å²) < 4.78 is 0. The Kier molecular flexibility index (Phi) is 8.75. The Morgan fingerprint density at radius 2 is 1.81 bits per heavy atom. The Labute approximate surface area is 124 Å². The summed E-state index contributed by atoms with van der Waals surface area (Å²) in [6.07, 6.45) is 1.51. The molecule has 0 aliphatic carbocycles. The van der Waals surface area contributed by atoms with Crippen LogP contribution in [0.4, 0.5) is 4.79 Å². The molecule has 8 heteroatoms. The van der Waals surface area contributed by atoms with Crippen molar-refractivity contribution in [3.05, 3.63) is 0 Å². The summed E-state index contributed by atoms with van der Waals surface area (Å²) in [6, 6.07) is -1.98. The minimum atomic E-state index is -0.686. The van der Waals surface area contributed by atoms with Gasteiger partial charge < -0.3 is 26.5 Å². The highest BCUT2D eigenvalue weighted by Gasteiger charge is 2.24. The number of carbonyl (C=O) groups excluding carboxylic acids is 4. The van der Waals surface area contributed by atoms with Crippen molar-refractivity contribution in [1.29, 1.82) is 0 Å². The van der Waals surface area contributed by atoms with Gasteiger partial charge in [-0.25, -0.2) is 4.79 Å². The van der Waals surface area contributed by atoms with Gasteiger partial charge in [-0.1, -0.05) is 13.8 Å². The summed E-state index contributed by atoms with van der Waals surface area (Å²) in [4.78, 5) is 44.6. The highest BCUT2D eigenvalue weighted by Crippen LogP contribution is 2.03. The summed E-state index contributed by atoms with van der Waals surface area (Å²) >= 11 is 0. The van der Waals surface area contributed by atoms with Crippen LogP contribution in [0.2, 0.25) is 0 Å². The number of nitrogens with two attached hydrogens (primary N) is 1. The third-order valence-corrected chi connectivity index (χ3v) is 2.79. The standard InChI is InChI=1S/C13H24N4O4/c1-8(2)11(16-9(3)19)12(20)17-10(7-18)5-4-6-15-13(14)21/h7-8,10-11H,4-6H2,1-3H3,(H,16,19)(H,17,20)(H3,14,15,21). The quantitative estimate of drug-likeness (QED) is 0.330. The maximum Gasteiger partial charge on any atom is 0.312 e. The summed E-state index contributed by atoms with van der Waals surface area (Å²) in [5.74, 6) is -0.810. The van der Waals surface area contributed by atoms with Crippen LogP contribution in [0.25, 0.3) is 0 Å². The van der Waals surface area contributed by atoms with Crippen molar-refractivity contribution in [2.75, 3.05) is 6.54 Å². The highest BCUT2D eigenvalue weighted by atomic mass is 16.2. The molecule has 0 radical (unpaired) electrons. The first-order valence-electron chi connectivity index (χ1n) is 6.84. The van der Waals surface area contributed by atoms with Crippen molar-refractivity contribution in [1.82, 2.24) is 16.0 Å². The first-order valence-corrected chi connectivity index (χ1v) is 6.84. The SMILES string of the molecule is CC(=O)NC(C(=O)NC(C=O)CCCNC(N)=O)C(C)C. The molecule has 0 aliphatic rings. The van der Waals surface area contributed by atoms with Crippen LogP contribution < -0.4 is 21.7 Å². The van der Waals surface area contributed by atoms with Gasteiger partial charge in [0.1, 0.15) is 12.3 Å². The Balaban J connectivity index is 4.37. The van der Waals surface area contributed by atoms with Crippen molar-refractivity contribution in [3.8, 4) is 0 Å². The third-order valence-electron chi connectivity index (χ3n) is 2.79. The van der Waals surface area contributed by atoms with Gasteiger partial charge in [0.15, 0.2) is 0 Å². The first kappa shape index (κ1) is 18.9. The van der Waals surface area contributed by atoms with Gasteiger partial charge in [-0.05, 0) is 18.8 Å². The molecule has 4 amide bonds. The van der Waals surface area contributed by atoms with Crippen LogP contribution in [0.3, 0.4) is 0 Å². The van der Waals surface area contributed by atoms with Crippen LogP contribution in [0.1, 0.15) is 33.6 Å². The van der Waals surface area contributed by atoms with Crippen molar-refractivity contribution < 1.29 is 19.2 Å². The Morgan fingerprint density at radius 3 is 2.24 bits per heavy atom. The topological polar surface area (TPSA) is 130 Å². The zero-order valence-electron chi connectivity index (χ0n) is 12.6. The Morgan fingerprint density at radius 1 is 1.19 bits per heavy atom. The van der Waals surface area contributed by atoms with E-state index >= 15 is 0 Å². The molecule has 120 valence electrons. The second-order valence-corrected chi connectivity index (χ2v) is 5.11. The van der Waals surface area contributed by atoms with Crippen LogP contribution >= 0.6 is 0 Å². The maximum atomic E-state index is 12.1. The normalized spacial score (nSPS) is 13.1. The van der Waals surface area contributed by atoms with E-state index in [1.165, 1.54) is 6.92 Å². The van der Waals surface area contributed by atoms with Crippen LogP contribution in [-0.2, 0) is 14.4 Å². The smallest absolute Gasteiger partial charge is 0.312 e. The van der Waals surface area contributed by atoms with E-state index in [-0.39, 0.29) is 11.8 Å². The minimum absolute atomic E-state index is 0.0993. The van der Waals surface area contributed by atoms with E-state index in [9.17, 15) is 19.2 Å². The first-order chi connectivity index (χ1) is 9.77. The van der Waals surface area contributed by atoms with Gasteiger partial charge >= 0.3 is 6.03 Å². The molecule has 0 saturated heterocycles. The number of hydrogen-bond acceptors (Lipinski definition) is 4. The second kappa shape index (κ2) is 9.73.